The second kappa shape index (κ2) is 7.47. The van der Waals surface area contributed by atoms with Gasteiger partial charge in [-0.25, -0.2) is 0 Å². The Kier molecular flexibility index (Phi) is 5.20. The van der Waals surface area contributed by atoms with E-state index in [4.69, 9.17) is 0 Å². The van der Waals surface area contributed by atoms with E-state index in [0.29, 0.717) is 36.0 Å². The lowest BCUT2D eigenvalue weighted by Crippen LogP contribution is -2.34. The van der Waals surface area contributed by atoms with Crippen LogP contribution in [0.1, 0.15) is 98.0 Å². The van der Waals surface area contributed by atoms with E-state index in [1.54, 1.807) is 24.3 Å². The van der Waals surface area contributed by atoms with E-state index in [2.05, 4.69) is 39.8 Å². The molecule has 2 aliphatic rings. The summed E-state index contributed by atoms with van der Waals surface area (Å²) in [6.07, 6.45) is 3.92. The molecule has 0 heterocycles. The number of allylic oxidation sites excluding steroid dienone is 2. The highest BCUT2D eigenvalue weighted by Crippen LogP contribution is 2.46. The molecule has 0 atom stereocenters. The number of fused-ring (bicyclic) bond motifs is 1. The molecule has 3 heteroatoms. The Labute approximate surface area is 185 Å². The van der Waals surface area contributed by atoms with Crippen LogP contribution in [0.5, 0.6) is 0 Å². The van der Waals surface area contributed by atoms with Crippen molar-refractivity contribution in [1.82, 2.24) is 0 Å². The number of aryl methyl sites for hydroxylation is 1. The highest BCUT2D eigenvalue weighted by atomic mass is 16.3. The lowest BCUT2D eigenvalue weighted by molar-refractivity contribution is -0.114. The summed E-state index contributed by atoms with van der Waals surface area (Å²) >= 11 is 0. The van der Waals surface area contributed by atoms with E-state index in [-0.39, 0.29) is 28.2 Å². The van der Waals surface area contributed by atoms with Crippen molar-refractivity contribution in [1.29, 1.82) is 0 Å². The molecular formula is C28H32O3. The summed E-state index contributed by atoms with van der Waals surface area (Å²) in [7, 11) is 0. The van der Waals surface area contributed by atoms with Crippen molar-refractivity contribution in [3.05, 3.63) is 75.5 Å². The minimum Gasteiger partial charge on any atom is -0.512 e. The predicted molar refractivity (Wildman–Crippen MR) is 125 cm³/mol. The van der Waals surface area contributed by atoms with Crippen molar-refractivity contribution in [2.24, 2.45) is 0 Å². The average molecular weight is 417 g/mol. The van der Waals surface area contributed by atoms with Crippen molar-refractivity contribution in [3.63, 3.8) is 0 Å². The molecule has 162 valence electrons. The predicted octanol–water partition coefficient (Wildman–Crippen LogP) is 6.60. The van der Waals surface area contributed by atoms with Crippen LogP contribution in [-0.2, 0) is 15.6 Å². The second-order valence-corrected chi connectivity index (χ2v) is 10.5. The number of aliphatic hydroxyl groups is 1. The maximum Gasteiger partial charge on any atom is 0.193 e. The first-order chi connectivity index (χ1) is 14.5. The van der Waals surface area contributed by atoms with Crippen LogP contribution in [-0.4, -0.2) is 16.7 Å². The Hall–Kier alpha value is -2.68. The van der Waals surface area contributed by atoms with Gasteiger partial charge in [0.15, 0.2) is 11.6 Å². The van der Waals surface area contributed by atoms with Crippen molar-refractivity contribution in [2.45, 2.75) is 77.6 Å². The second-order valence-electron chi connectivity index (χ2n) is 10.5. The molecule has 0 unspecified atom stereocenters. The van der Waals surface area contributed by atoms with E-state index < -0.39 is 0 Å². The minimum absolute atomic E-state index is 0.000739. The van der Waals surface area contributed by atoms with Gasteiger partial charge >= 0.3 is 0 Å². The maximum atomic E-state index is 13.4. The van der Waals surface area contributed by atoms with Crippen LogP contribution in [0.3, 0.4) is 0 Å². The number of aliphatic hydroxyl groups excluding tert-OH is 1. The third kappa shape index (κ3) is 3.75. The van der Waals surface area contributed by atoms with Crippen LogP contribution in [0.15, 0.2) is 42.2 Å². The summed E-state index contributed by atoms with van der Waals surface area (Å²) in [5.41, 5.74) is 6.22. The molecular weight excluding hydrogens is 384 g/mol. The summed E-state index contributed by atoms with van der Waals surface area (Å²) in [6, 6.07) is 11.4. The van der Waals surface area contributed by atoms with Crippen LogP contribution in [0, 0.1) is 6.92 Å². The Morgan fingerprint density at radius 3 is 2.06 bits per heavy atom. The summed E-state index contributed by atoms with van der Waals surface area (Å²) in [5.74, 6) is 0.128. The zero-order valence-corrected chi connectivity index (χ0v) is 19.3. The van der Waals surface area contributed by atoms with Gasteiger partial charge in [0.25, 0.3) is 0 Å². The Balaban J connectivity index is 1.72. The number of Topliss-reactive ketones (excluding diaryl/α,β-unsaturated/α-hetero) is 1. The SMILES string of the molecule is Cc1cc2c(cc1C(=O)c1ccc(C3=C(O)CCCC3=O)cc1)C(C)(C)CCC2(C)C. The largest absolute Gasteiger partial charge is 0.512 e. The fraction of sp³-hybridized carbons (Fsp3) is 0.429. The van der Waals surface area contributed by atoms with E-state index in [1.165, 1.54) is 11.1 Å². The van der Waals surface area contributed by atoms with Crippen molar-refractivity contribution < 1.29 is 14.7 Å². The van der Waals surface area contributed by atoms with Gasteiger partial charge in [0.1, 0.15) is 5.76 Å². The number of ketones is 2. The van der Waals surface area contributed by atoms with Gasteiger partial charge in [-0.1, -0.05) is 58.0 Å². The molecule has 0 amide bonds. The molecule has 0 saturated heterocycles. The van der Waals surface area contributed by atoms with Crippen molar-refractivity contribution in [2.75, 3.05) is 0 Å². The molecule has 0 aliphatic heterocycles. The molecule has 0 aromatic heterocycles. The lowest BCUT2D eigenvalue weighted by atomic mass is 9.62. The van der Waals surface area contributed by atoms with Gasteiger partial charge in [-0.15, -0.1) is 0 Å². The van der Waals surface area contributed by atoms with E-state index in [0.717, 1.165) is 24.0 Å². The summed E-state index contributed by atoms with van der Waals surface area (Å²) < 4.78 is 0. The van der Waals surface area contributed by atoms with Gasteiger partial charge in [-0.3, -0.25) is 9.59 Å². The average Bonchev–Trinajstić information content (AvgIpc) is 2.71. The van der Waals surface area contributed by atoms with Gasteiger partial charge in [0.05, 0.1) is 5.57 Å². The number of hydrogen-bond donors (Lipinski definition) is 1. The fourth-order valence-electron chi connectivity index (χ4n) is 5.07. The van der Waals surface area contributed by atoms with Crippen LogP contribution in [0.4, 0.5) is 0 Å². The first-order valence-electron chi connectivity index (χ1n) is 11.3. The maximum absolute atomic E-state index is 13.4. The monoisotopic (exact) mass is 416 g/mol. The molecule has 0 saturated carbocycles. The van der Waals surface area contributed by atoms with E-state index >= 15 is 0 Å². The quantitative estimate of drug-likeness (QED) is 0.574. The van der Waals surface area contributed by atoms with Gasteiger partial charge in [-0.2, -0.15) is 0 Å². The summed E-state index contributed by atoms with van der Waals surface area (Å²) in [6.45, 7) is 11.1. The molecule has 0 radical (unpaired) electrons. The molecule has 31 heavy (non-hydrogen) atoms. The molecule has 0 spiro atoms. The Bertz CT molecular complexity index is 1100. The Morgan fingerprint density at radius 1 is 0.903 bits per heavy atom. The molecule has 0 bridgehead atoms. The van der Waals surface area contributed by atoms with Gasteiger partial charge in [-0.05, 0) is 65.3 Å². The molecule has 2 aromatic rings. The van der Waals surface area contributed by atoms with Crippen LogP contribution in [0.25, 0.3) is 5.57 Å². The van der Waals surface area contributed by atoms with Gasteiger partial charge in [0.2, 0.25) is 0 Å². The molecule has 2 aromatic carbocycles. The smallest absolute Gasteiger partial charge is 0.193 e. The Morgan fingerprint density at radius 2 is 1.48 bits per heavy atom. The first-order valence-corrected chi connectivity index (χ1v) is 11.3. The van der Waals surface area contributed by atoms with Gasteiger partial charge < -0.3 is 5.11 Å². The third-order valence-electron chi connectivity index (χ3n) is 7.26. The summed E-state index contributed by atoms with van der Waals surface area (Å²) in [4.78, 5) is 25.7. The first kappa shape index (κ1) is 21.5. The molecule has 1 N–H and O–H groups in total. The number of benzene rings is 2. The number of rotatable bonds is 3. The summed E-state index contributed by atoms with van der Waals surface area (Å²) in [5, 5.41) is 10.2. The molecule has 2 aliphatic carbocycles. The minimum atomic E-state index is -0.0294. The van der Waals surface area contributed by atoms with E-state index in [9.17, 15) is 14.7 Å². The number of carbonyl (C=O) groups is 2. The molecule has 0 fully saturated rings. The highest BCUT2D eigenvalue weighted by Gasteiger charge is 2.38. The van der Waals surface area contributed by atoms with Crippen molar-refractivity contribution >= 4 is 17.1 Å². The van der Waals surface area contributed by atoms with E-state index in [1.807, 2.05) is 6.92 Å². The van der Waals surface area contributed by atoms with Gasteiger partial charge in [0, 0.05) is 24.0 Å². The van der Waals surface area contributed by atoms with Crippen LogP contribution < -0.4 is 0 Å². The zero-order valence-electron chi connectivity index (χ0n) is 19.3. The topological polar surface area (TPSA) is 54.4 Å². The normalized spacial score (nSPS) is 19.8. The standard InChI is InChI=1S/C28H32O3/c1-17-15-21-22(28(4,5)14-13-27(21,2)3)16-20(17)26(31)19-11-9-18(10-12-19)25-23(29)7-6-8-24(25)30/h9-12,15-16,29H,6-8,13-14H2,1-5H3. The lowest BCUT2D eigenvalue weighted by Gasteiger charge is -2.42. The van der Waals surface area contributed by atoms with Crippen LogP contribution in [0.2, 0.25) is 0 Å². The molecule has 3 nitrogen and oxygen atoms in total. The van der Waals surface area contributed by atoms with Crippen molar-refractivity contribution in [3.8, 4) is 0 Å². The zero-order chi connectivity index (χ0) is 22.6. The number of hydrogen-bond acceptors (Lipinski definition) is 3. The molecule has 4 rings (SSSR count). The number of carbonyl (C=O) groups excluding carboxylic acids is 2. The third-order valence-corrected chi connectivity index (χ3v) is 7.26. The fourth-order valence-corrected chi connectivity index (χ4v) is 5.07. The van der Waals surface area contributed by atoms with Crippen LogP contribution >= 0.6 is 0 Å². The highest BCUT2D eigenvalue weighted by molar-refractivity contribution is 6.22.